The van der Waals surface area contributed by atoms with E-state index in [2.05, 4.69) is 9.97 Å². The fraction of sp³-hybridized carbons (Fsp3) is 0.120. The van der Waals surface area contributed by atoms with E-state index >= 15 is 0 Å². The molecule has 3 aromatic carbocycles. The van der Waals surface area contributed by atoms with E-state index in [0.29, 0.717) is 12.1 Å². The van der Waals surface area contributed by atoms with Gasteiger partial charge in [-0.05, 0) is 35.7 Å². The molecule has 0 radical (unpaired) electrons. The third-order valence-electron chi connectivity index (χ3n) is 5.54. The van der Waals surface area contributed by atoms with Gasteiger partial charge in [0.05, 0.1) is 11.5 Å². The number of rotatable bonds is 4. The van der Waals surface area contributed by atoms with Gasteiger partial charge in [-0.15, -0.1) is 0 Å². The van der Waals surface area contributed by atoms with Gasteiger partial charge in [-0.2, -0.15) is 0 Å². The van der Waals surface area contributed by atoms with Crippen molar-refractivity contribution in [1.82, 2.24) is 9.97 Å². The molecule has 0 spiro atoms. The molecule has 2 heterocycles. The lowest BCUT2D eigenvalue weighted by Gasteiger charge is -2.29. The predicted molar refractivity (Wildman–Crippen MR) is 111 cm³/mol. The van der Waals surface area contributed by atoms with Crippen molar-refractivity contribution < 1.29 is 18.3 Å². The highest BCUT2D eigenvalue weighted by atomic mass is 19.1. The van der Waals surface area contributed by atoms with Gasteiger partial charge in [0.15, 0.2) is 0 Å². The Morgan fingerprint density at radius 2 is 1.65 bits per heavy atom. The Morgan fingerprint density at radius 1 is 0.935 bits per heavy atom. The fourth-order valence-corrected chi connectivity index (χ4v) is 4.09. The highest BCUT2D eigenvalue weighted by molar-refractivity contribution is 5.80. The third kappa shape index (κ3) is 3.61. The highest BCUT2D eigenvalue weighted by Gasteiger charge is 2.41. The van der Waals surface area contributed by atoms with Crippen LogP contribution in [0.25, 0.3) is 11.4 Å². The van der Waals surface area contributed by atoms with Crippen molar-refractivity contribution in [3.05, 3.63) is 107 Å². The normalized spacial score (nSPS) is 17.8. The Kier molecular flexibility index (Phi) is 4.82. The zero-order valence-electron chi connectivity index (χ0n) is 16.4. The van der Waals surface area contributed by atoms with E-state index in [9.17, 15) is 13.6 Å². The molecule has 2 atom stereocenters. The lowest BCUT2D eigenvalue weighted by atomic mass is 9.79. The molecule has 1 aromatic heterocycles. The van der Waals surface area contributed by atoms with E-state index in [1.54, 1.807) is 0 Å². The lowest BCUT2D eigenvalue weighted by Crippen LogP contribution is -2.34. The smallest absolute Gasteiger partial charge is 0.317 e. The van der Waals surface area contributed by atoms with Crippen LogP contribution >= 0.6 is 0 Å². The molecule has 5 rings (SSSR count). The van der Waals surface area contributed by atoms with Crippen molar-refractivity contribution in [1.29, 1.82) is 0 Å². The van der Waals surface area contributed by atoms with E-state index in [-0.39, 0.29) is 29.2 Å². The predicted octanol–water partition coefficient (Wildman–Crippen LogP) is 5.26. The molecule has 0 amide bonds. The van der Waals surface area contributed by atoms with Gasteiger partial charge in [-0.1, -0.05) is 60.7 Å². The summed E-state index contributed by atoms with van der Waals surface area (Å²) in [6, 6.07) is 22.4. The van der Waals surface area contributed by atoms with E-state index in [1.807, 2.05) is 60.7 Å². The summed E-state index contributed by atoms with van der Waals surface area (Å²) in [6.45, 7) is 0. The fourth-order valence-electron chi connectivity index (χ4n) is 4.09. The summed E-state index contributed by atoms with van der Waals surface area (Å²) in [5, 5.41) is 0. The summed E-state index contributed by atoms with van der Waals surface area (Å²) in [5.74, 6) is -2.19. The lowest BCUT2D eigenvalue weighted by molar-refractivity contribution is -0.141. The number of esters is 1. The van der Waals surface area contributed by atoms with E-state index in [1.165, 1.54) is 0 Å². The number of fused-ring (bicyclic) bond motifs is 1. The standard InChI is InChI=1S/C25H18F2N2O2/c26-17-11-12-20(27)18(14-17)23-28-22-21(16-9-5-2-6-10-16)19(25(30)31-24(22)29-23)13-15-7-3-1-4-8-15/h1-12,14,19,21H,13H2,(H,28,29)/t19-,21+/m0/s1. The van der Waals surface area contributed by atoms with Crippen LogP contribution in [0.15, 0.2) is 78.9 Å². The minimum Gasteiger partial charge on any atom is -0.407 e. The minimum atomic E-state index is -0.615. The number of imidazole rings is 1. The number of halogens is 2. The highest BCUT2D eigenvalue weighted by Crippen LogP contribution is 2.43. The number of ether oxygens (including phenoxy) is 1. The van der Waals surface area contributed by atoms with Crippen LogP contribution in [0, 0.1) is 17.6 Å². The van der Waals surface area contributed by atoms with Crippen molar-refractivity contribution in [2.45, 2.75) is 12.3 Å². The van der Waals surface area contributed by atoms with Crippen molar-refractivity contribution in [3.63, 3.8) is 0 Å². The van der Waals surface area contributed by atoms with Gasteiger partial charge in [0, 0.05) is 5.92 Å². The molecular formula is C25H18F2N2O2. The van der Waals surface area contributed by atoms with Crippen LogP contribution in [0.2, 0.25) is 0 Å². The van der Waals surface area contributed by atoms with Gasteiger partial charge in [-0.25, -0.2) is 13.8 Å². The van der Waals surface area contributed by atoms with Gasteiger partial charge in [-0.3, -0.25) is 4.79 Å². The molecule has 6 heteroatoms. The number of nitrogens with one attached hydrogen (secondary N) is 1. The first-order valence-electron chi connectivity index (χ1n) is 9.96. The molecule has 1 aliphatic heterocycles. The molecule has 0 bridgehead atoms. The van der Waals surface area contributed by atoms with E-state index < -0.39 is 17.6 Å². The second-order valence-corrected chi connectivity index (χ2v) is 7.53. The number of H-pyrrole nitrogens is 1. The number of benzene rings is 3. The molecule has 1 N–H and O–H groups in total. The first kappa shape index (κ1) is 19.2. The molecule has 0 saturated heterocycles. The van der Waals surface area contributed by atoms with Gasteiger partial charge < -0.3 is 9.72 Å². The van der Waals surface area contributed by atoms with Gasteiger partial charge in [0.2, 0.25) is 5.88 Å². The topological polar surface area (TPSA) is 55.0 Å². The molecule has 0 saturated carbocycles. The first-order chi connectivity index (χ1) is 15.1. The van der Waals surface area contributed by atoms with Gasteiger partial charge in [0.25, 0.3) is 0 Å². The summed E-state index contributed by atoms with van der Waals surface area (Å²) in [6.07, 6.45) is 0.467. The second-order valence-electron chi connectivity index (χ2n) is 7.53. The Morgan fingerprint density at radius 3 is 2.39 bits per heavy atom. The number of aromatic amines is 1. The average molecular weight is 416 g/mol. The Labute approximate surface area is 177 Å². The van der Waals surface area contributed by atoms with Crippen LogP contribution in [0.4, 0.5) is 8.78 Å². The Balaban J connectivity index is 1.63. The number of hydrogen-bond acceptors (Lipinski definition) is 3. The molecule has 4 aromatic rings. The SMILES string of the molecule is O=C1Oc2[nH]c(-c3cc(F)ccc3F)nc2[C@H](c2ccccc2)[C@@H]1Cc1ccccc1. The molecule has 1 aliphatic rings. The van der Waals surface area contributed by atoms with Crippen molar-refractivity contribution in [3.8, 4) is 17.3 Å². The molecule has 0 unspecified atom stereocenters. The summed E-state index contributed by atoms with van der Waals surface area (Å²) >= 11 is 0. The Bertz CT molecular complexity index is 1240. The number of aromatic nitrogens is 2. The van der Waals surface area contributed by atoms with Crippen molar-refractivity contribution in [2.75, 3.05) is 0 Å². The van der Waals surface area contributed by atoms with Crippen LogP contribution in [0.5, 0.6) is 5.88 Å². The molecule has 0 aliphatic carbocycles. The maximum Gasteiger partial charge on any atom is 0.317 e. The quantitative estimate of drug-likeness (QED) is 0.462. The van der Waals surface area contributed by atoms with Gasteiger partial charge >= 0.3 is 5.97 Å². The van der Waals surface area contributed by atoms with Crippen LogP contribution in [-0.4, -0.2) is 15.9 Å². The van der Waals surface area contributed by atoms with E-state index in [4.69, 9.17) is 4.74 Å². The van der Waals surface area contributed by atoms with Crippen molar-refractivity contribution in [2.24, 2.45) is 5.92 Å². The molecule has 0 fully saturated rings. The summed E-state index contributed by atoms with van der Waals surface area (Å²) in [5.41, 5.74) is 2.39. The monoisotopic (exact) mass is 416 g/mol. The van der Waals surface area contributed by atoms with Crippen LogP contribution < -0.4 is 4.74 Å². The summed E-state index contributed by atoms with van der Waals surface area (Å²) in [7, 11) is 0. The zero-order valence-corrected chi connectivity index (χ0v) is 16.4. The van der Waals surface area contributed by atoms with Crippen LogP contribution in [0.1, 0.15) is 22.7 Å². The largest absolute Gasteiger partial charge is 0.407 e. The number of hydrogen-bond donors (Lipinski definition) is 1. The maximum absolute atomic E-state index is 14.3. The molecule has 154 valence electrons. The van der Waals surface area contributed by atoms with Crippen molar-refractivity contribution >= 4 is 5.97 Å². The van der Waals surface area contributed by atoms with Crippen LogP contribution in [0.3, 0.4) is 0 Å². The van der Waals surface area contributed by atoms with Crippen LogP contribution in [-0.2, 0) is 11.2 Å². The molecular weight excluding hydrogens is 398 g/mol. The molecule has 4 nitrogen and oxygen atoms in total. The number of nitrogens with zero attached hydrogens (tertiary/aromatic N) is 1. The Hall–Kier alpha value is -3.80. The summed E-state index contributed by atoms with van der Waals surface area (Å²) in [4.78, 5) is 20.4. The molecule has 31 heavy (non-hydrogen) atoms. The number of carbonyl (C=O) groups is 1. The first-order valence-corrected chi connectivity index (χ1v) is 9.96. The third-order valence-corrected chi connectivity index (χ3v) is 5.54. The number of carbonyl (C=O) groups excluding carboxylic acids is 1. The summed E-state index contributed by atoms with van der Waals surface area (Å²) < 4.78 is 33.6. The van der Waals surface area contributed by atoms with E-state index in [0.717, 1.165) is 29.3 Å². The maximum atomic E-state index is 14.3. The second kappa shape index (κ2) is 7.80. The van der Waals surface area contributed by atoms with Gasteiger partial charge in [0.1, 0.15) is 23.2 Å². The zero-order chi connectivity index (χ0) is 21.4. The average Bonchev–Trinajstić information content (AvgIpc) is 3.20. The minimum absolute atomic E-state index is 0.0168.